The van der Waals surface area contributed by atoms with Crippen molar-refractivity contribution in [2.75, 3.05) is 0 Å². The van der Waals surface area contributed by atoms with E-state index in [1.54, 1.807) is 6.20 Å². The maximum absolute atomic E-state index is 12.1. The standard InChI is InChI=1S/C20H26N4O2/c1-5-6-11-17-23-16-12-21-15-10-8-7-9-14(15)18(16)24(17)13-22-19(25)26-20(2,3)4/h7-10,12H,5-6,11,13H2,1-4H3,(H,22,25). The van der Waals surface area contributed by atoms with Crippen LogP contribution in [0, 0.1) is 0 Å². The van der Waals surface area contributed by atoms with Crippen LogP contribution in [0.2, 0.25) is 0 Å². The van der Waals surface area contributed by atoms with Gasteiger partial charge in [-0.25, -0.2) is 9.78 Å². The minimum absolute atomic E-state index is 0.318. The van der Waals surface area contributed by atoms with E-state index in [4.69, 9.17) is 9.72 Å². The van der Waals surface area contributed by atoms with Crippen molar-refractivity contribution in [2.24, 2.45) is 0 Å². The maximum Gasteiger partial charge on any atom is 0.409 e. The number of nitrogens with one attached hydrogen (secondary N) is 1. The summed E-state index contributed by atoms with van der Waals surface area (Å²) in [7, 11) is 0. The number of nitrogens with zero attached hydrogens (tertiary/aromatic N) is 3. The van der Waals surface area contributed by atoms with Gasteiger partial charge in [0.15, 0.2) is 0 Å². The number of unbranched alkanes of at least 4 members (excludes halogenated alkanes) is 1. The molecular formula is C20H26N4O2. The molecule has 26 heavy (non-hydrogen) atoms. The fourth-order valence-corrected chi connectivity index (χ4v) is 2.96. The number of carbonyl (C=O) groups is 1. The van der Waals surface area contributed by atoms with Gasteiger partial charge >= 0.3 is 6.09 Å². The van der Waals surface area contributed by atoms with E-state index in [1.165, 1.54) is 0 Å². The van der Waals surface area contributed by atoms with E-state index in [0.29, 0.717) is 6.67 Å². The molecule has 0 saturated carbocycles. The van der Waals surface area contributed by atoms with Crippen molar-refractivity contribution in [1.29, 1.82) is 0 Å². The third-order valence-corrected chi connectivity index (χ3v) is 4.09. The lowest BCUT2D eigenvalue weighted by Crippen LogP contribution is -2.34. The van der Waals surface area contributed by atoms with Crippen molar-refractivity contribution in [3.63, 3.8) is 0 Å². The van der Waals surface area contributed by atoms with Crippen LogP contribution in [0.4, 0.5) is 4.79 Å². The largest absolute Gasteiger partial charge is 0.444 e. The minimum atomic E-state index is -0.525. The normalized spacial score (nSPS) is 11.8. The topological polar surface area (TPSA) is 69.0 Å². The molecule has 1 amide bonds. The molecule has 6 heteroatoms. The Morgan fingerprint density at radius 3 is 2.73 bits per heavy atom. The van der Waals surface area contributed by atoms with Gasteiger partial charge in [-0.3, -0.25) is 4.98 Å². The molecule has 0 spiro atoms. The Labute approximate surface area is 153 Å². The molecule has 3 rings (SSSR count). The number of carbonyl (C=O) groups excluding carboxylic acids is 1. The molecule has 3 aromatic rings. The van der Waals surface area contributed by atoms with Crippen LogP contribution in [0.25, 0.3) is 21.9 Å². The number of para-hydroxylation sites is 1. The Kier molecular flexibility index (Phi) is 5.11. The average molecular weight is 354 g/mol. The first-order valence-electron chi connectivity index (χ1n) is 9.09. The van der Waals surface area contributed by atoms with E-state index in [-0.39, 0.29) is 0 Å². The van der Waals surface area contributed by atoms with Gasteiger partial charge in [0.25, 0.3) is 0 Å². The molecule has 0 bridgehead atoms. The number of hydrogen-bond acceptors (Lipinski definition) is 4. The van der Waals surface area contributed by atoms with Gasteiger partial charge in [-0.2, -0.15) is 0 Å². The summed E-state index contributed by atoms with van der Waals surface area (Å²) in [6.07, 6.45) is 4.36. The molecule has 1 aromatic carbocycles. The molecule has 0 fully saturated rings. The molecule has 2 aromatic heterocycles. The number of amides is 1. The second kappa shape index (κ2) is 7.32. The highest BCUT2D eigenvalue weighted by molar-refractivity contribution is 6.02. The van der Waals surface area contributed by atoms with Gasteiger partial charge in [0, 0.05) is 11.8 Å². The number of alkyl carbamates (subject to hydrolysis) is 1. The number of imidazole rings is 1. The van der Waals surface area contributed by atoms with Crippen molar-refractivity contribution in [2.45, 2.75) is 59.2 Å². The first-order chi connectivity index (χ1) is 12.4. The van der Waals surface area contributed by atoms with Crippen LogP contribution in [-0.2, 0) is 17.8 Å². The Hall–Kier alpha value is -2.63. The van der Waals surface area contributed by atoms with Crippen molar-refractivity contribution >= 4 is 28.0 Å². The fourth-order valence-electron chi connectivity index (χ4n) is 2.96. The smallest absolute Gasteiger partial charge is 0.409 e. The average Bonchev–Trinajstić information content (AvgIpc) is 2.94. The number of hydrogen-bond donors (Lipinski definition) is 1. The maximum atomic E-state index is 12.1. The lowest BCUT2D eigenvalue weighted by Gasteiger charge is -2.20. The zero-order chi connectivity index (χ0) is 18.7. The highest BCUT2D eigenvalue weighted by atomic mass is 16.6. The molecule has 2 heterocycles. The summed E-state index contributed by atoms with van der Waals surface area (Å²) in [6, 6.07) is 7.99. The van der Waals surface area contributed by atoms with E-state index < -0.39 is 11.7 Å². The van der Waals surface area contributed by atoms with E-state index in [0.717, 1.165) is 47.0 Å². The number of pyridine rings is 1. The molecule has 0 aliphatic rings. The van der Waals surface area contributed by atoms with Gasteiger partial charge in [-0.1, -0.05) is 31.5 Å². The highest BCUT2D eigenvalue weighted by Crippen LogP contribution is 2.25. The molecule has 6 nitrogen and oxygen atoms in total. The van der Waals surface area contributed by atoms with E-state index in [2.05, 4.69) is 21.8 Å². The Morgan fingerprint density at radius 2 is 2.00 bits per heavy atom. The van der Waals surface area contributed by atoms with Crippen LogP contribution >= 0.6 is 0 Å². The van der Waals surface area contributed by atoms with Gasteiger partial charge in [-0.15, -0.1) is 0 Å². The van der Waals surface area contributed by atoms with E-state index in [1.807, 2.05) is 45.0 Å². The zero-order valence-corrected chi connectivity index (χ0v) is 15.9. The SMILES string of the molecule is CCCCc1nc2cnc3ccccc3c2n1CNC(=O)OC(C)(C)C. The number of benzene rings is 1. The second-order valence-corrected chi connectivity index (χ2v) is 7.41. The molecule has 138 valence electrons. The Balaban J connectivity index is 1.99. The van der Waals surface area contributed by atoms with Crippen molar-refractivity contribution in [1.82, 2.24) is 19.9 Å². The van der Waals surface area contributed by atoms with Gasteiger partial charge in [-0.05, 0) is 33.3 Å². The third-order valence-electron chi connectivity index (χ3n) is 4.09. The van der Waals surface area contributed by atoms with Crippen LogP contribution < -0.4 is 5.32 Å². The fraction of sp³-hybridized carbons (Fsp3) is 0.450. The van der Waals surface area contributed by atoms with Crippen molar-refractivity contribution < 1.29 is 9.53 Å². The molecule has 0 atom stereocenters. The van der Waals surface area contributed by atoms with Crippen LogP contribution in [0.3, 0.4) is 0 Å². The third kappa shape index (κ3) is 3.95. The minimum Gasteiger partial charge on any atom is -0.444 e. The Bertz CT molecular complexity index is 925. The highest BCUT2D eigenvalue weighted by Gasteiger charge is 2.18. The molecule has 0 saturated heterocycles. The monoisotopic (exact) mass is 354 g/mol. The van der Waals surface area contributed by atoms with Crippen molar-refractivity contribution in [3.05, 3.63) is 36.3 Å². The van der Waals surface area contributed by atoms with E-state index in [9.17, 15) is 4.79 Å². The summed E-state index contributed by atoms with van der Waals surface area (Å²) in [6.45, 7) is 8.03. The van der Waals surface area contributed by atoms with Gasteiger partial charge in [0.05, 0.1) is 23.9 Å². The summed E-state index contributed by atoms with van der Waals surface area (Å²) < 4.78 is 7.43. The lowest BCUT2D eigenvalue weighted by atomic mass is 10.2. The summed E-state index contributed by atoms with van der Waals surface area (Å²) >= 11 is 0. The molecule has 0 radical (unpaired) electrons. The Morgan fingerprint density at radius 1 is 1.23 bits per heavy atom. The first-order valence-corrected chi connectivity index (χ1v) is 9.09. The van der Waals surface area contributed by atoms with Crippen LogP contribution in [0.15, 0.2) is 30.5 Å². The molecule has 1 N–H and O–H groups in total. The zero-order valence-electron chi connectivity index (χ0n) is 15.9. The summed E-state index contributed by atoms with van der Waals surface area (Å²) in [5.74, 6) is 0.955. The quantitative estimate of drug-likeness (QED) is 0.737. The predicted octanol–water partition coefficient (Wildman–Crippen LogP) is 4.41. The van der Waals surface area contributed by atoms with Crippen LogP contribution in [-0.4, -0.2) is 26.2 Å². The van der Waals surface area contributed by atoms with Gasteiger partial charge in [0.2, 0.25) is 0 Å². The first kappa shape index (κ1) is 18.2. The molecule has 0 aliphatic heterocycles. The predicted molar refractivity (Wildman–Crippen MR) is 103 cm³/mol. The van der Waals surface area contributed by atoms with Crippen LogP contribution in [0.5, 0.6) is 0 Å². The van der Waals surface area contributed by atoms with Crippen LogP contribution in [0.1, 0.15) is 46.4 Å². The number of fused-ring (bicyclic) bond motifs is 3. The molecule has 0 unspecified atom stereocenters. The summed E-state index contributed by atoms with van der Waals surface area (Å²) in [4.78, 5) is 21.4. The number of rotatable bonds is 5. The number of aromatic nitrogens is 3. The molecular weight excluding hydrogens is 328 g/mol. The number of ether oxygens (including phenoxy) is 1. The van der Waals surface area contributed by atoms with Gasteiger partial charge in [0.1, 0.15) is 16.9 Å². The molecule has 0 aliphatic carbocycles. The van der Waals surface area contributed by atoms with Gasteiger partial charge < -0.3 is 14.6 Å². The summed E-state index contributed by atoms with van der Waals surface area (Å²) in [5.41, 5.74) is 2.24. The van der Waals surface area contributed by atoms with E-state index >= 15 is 0 Å². The van der Waals surface area contributed by atoms with Crippen molar-refractivity contribution in [3.8, 4) is 0 Å². The number of aryl methyl sites for hydroxylation is 1. The lowest BCUT2D eigenvalue weighted by molar-refractivity contribution is 0.0512. The summed E-state index contributed by atoms with van der Waals surface area (Å²) in [5, 5.41) is 3.89. The second-order valence-electron chi connectivity index (χ2n) is 7.41.